The number of halogens is 2. The highest BCUT2D eigenvalue weighted by atomic mass is 35.5. The van der Waals surface area contributed by atoms with Crippen molar-refractivity contribution < 1.29 is 27.1 Å². The second kappa shape index (κ2) is 12.7. The van der Waals surface area contributed by atoms with Gasteiger partial charge in [0.15, 0.2) is 6.10 Å². The zero-order chi connectivity index (χ0) is 29.7. The van der Waals surface area contributed by atoms with Crippen molar-refractivity contribution in [3.8, 4) is 5.75 Å². The normalized spacial score (nSPS) is 14.6. The predicted octanol–water partition coefficient (Wildman–Crippen LogP) is 4.78. The average Bonchev–Trinajstić information content (AvgIpc) is 3.00. The summed E-state index contributed by atoms with van der Waals surface area (Å²) in [6.07, 6.45) is -1.04. The van der Waals surface area contributed by atoms with Crippen molar-refractivity contribution >= 4 is 39.1 Å². The molecule has 0 bridgehead atoms. The average molecular weight is 608 g/mol. The van der Waals surface area contributed by atoms with E-state index in [1.807, 2.05) is 30.3 Å². The summed E-state index contributed by atoms with van der Waals surface area (Å²) in [4.78, 5) is 28.2. The lowest BCUT2D eigenvalue weighted by Crippen LogP contribution is -2.52. The van der Waals surface area contributed by atoms with Gasteiger partial charge in [0.1, 0.15) is 11.6 Å². The number of fused-ring (bicyclic) bond motifs is 1. The van der Waals surface area contributed by atoms with Crippen molar-refractivity contribution in [3.05, 3.63) is 125 Å². The fraction of sp³-hybridized carbons (Fsp3) is 0.161. The molecule has 1 N–H and O–H groups in total. The molecule has 0 aliphatic carbocycles. The number of amides is 2. The lowest BCUT2D eigenvalue weighted by molar-refractivity contribution is -0.128. The first kappa shape index (κ1) is 29.2. The first-order valence-corrected chi connectivity index (χ1v) is 14.9. The zero-order valence-electron chi connectivity index (χ0n) is 22.3. The van der Waals surface area contributed by atoms with Gasteiger partial charge in [0, 0.05) is 23.7 Å². The fourth-order valence-corrected chi connectivity index (χ4v) is 6.03. The second-order valence-electron chi connectivity index (χ2n) is 9.60. The topological polar surface area (TPSA) is 96.0 Å². The quantitative estimate of drug-likeness (QED) is 0.295. The molecule has 2 amide bonds. The lowest BCUT2D eigenvalue weighted by Gasteiger charge is -2.35. The summed E-state index contributed by atoms with van der Waals surface area (Å²) in [5.41, 5.74) is 1.39. The van der Waals surface area contributed by atoms with Gasteiger partial charge < -0.3 is 15.0 Å². The van der Waals surface area contributed by atoms with Gasteiger partial charge in [-0.15, -0.1) is 0 Å². The van der Waals surface area contributed by atoms with Crippen LogP contribution < -0.4 is 15.0 Å². The number of rotatable bonds is 9. The Bertz CT molecular complexity index is 1690. The van der Waals surface area contributed by atoms with Crippen molar-refractivity contribution in [2.45, 2.75) is 24.1 Å². The molecule has 5 rings (SSSR count). The van der Waals surface area contributed by atoms with Crippen LogP contribution in [-0.2, 0) is 32.7 Å². The summed E-state index contributed by atoms with van der Waals surface area (Å²) in [6, 6.07) is 27.3. The molecule has 4 aromatic rings. The number of nitrogens with one attached hydrogen (secondary N) is 1. The Morgan fingerprint density at radius 1 is 0.929 bits per heavy atom. The van der Waals surface area contributed by atoms with Crippen LogP contribution in [0.15, 0.2) is 108 Å². The monoisotopic (exact) mass is 607 g/mol. The van der Waals surface area contributed by atoms with Crippen LogP contribution in [-0.4, -0.2) is 43.7 Å². The summed E-state index contributed by atoms with van der Waals surface area (Å²) < 4.78 is 48.9. The molecular weight excluding hydrogens is 581 g/mol. The maximum atomic E-state index is 14.6. The van der Waals surface area contributed by atoms with Crippen LogP contribution in [0.25, 0.3) is 0 Å². The van der Waals surface area contributed by atoms with E-state index in [2.05, 4.69) is 5.32 Å². The fourth-order valence-electron chi connectivity index (χ4n) is 4.54. The van der Waals surface area contributed by atoms with Gasteiger partial charge in [-0.3, -0.25) is 9.59 Å². The molecule has 4 aromatic carbocycles. The van der Waals surface area contributed by atoms with Gasteiger partial charge >= 0.3 is 0 Å². The molecule has 0 fully saturated rings. The first-order valence-electron chi connectivity index (χ1n) is 13.1. The first-order chi connectivity index (χ1) is 20.2. The largest absolute Gasteiger partial charge is 0.477 e. The molecule has 0 saturated carbocycles. The Balaban J connectivity index is 1.41. The van der Waals surface area contributed by atoms with Crippen LogP contribution in [0.5, 0.6) is 5.75 Å². The number of ether oxygens (including phenoxy) is 1. The van der Waals surface area contributed by atoms with Gasteiger partial charge in [-0.1, -0.05) is 72.3 Å². The standard InChI is InChI=1S/C31H27ClFN3O5S/c32-24-14-16-25(17-15-24)42(39,40)35(19-23-10-4-5-11-26(23)33)21-30(37)36-20-29(41-28-13-7-6-12-27(28)36)31(38)34-18-22-8-2-1-3-9-22/h1-17,29H,18-21H2,(H,34,38)/t29-/m0/s1. The Hall–Kier alpha value is -4.25. The van der Waals surface area contributed by atoms with Crippen molar-refractivity contribution in [1.82, 2.24) is 9.62 Å². The molecule has 0 unspecified atom stereocenters. The van der Waals surface area contributed by atoms with Gasteiger partial charge in [0.25, 0.3) is 5.91 Å². The summed E-state index contributed by atoms with van der Waals surface area (Å²) in [5, 5.41) is 3.17. The number of anilines is 1. The minimum absolute atomic E-state index is 0.100. The van der Waals surface area contributed by atoms with E-state index in [9.17, 15) is 22.4 Å². The number of hydrogen-bond acceptors (Lipinski definition) is 5. The predicted molar refractivity (Wildman–Crippen MR) is 157 cm³/mol. The van der Waals surface area contributed by atoms with Gasteiger partial charge in [-0.25, -0.2) is 12.8 Å². The third-order valence-electron chi connectivity index (χ3n) is 6.74. The molecule has 1 aliphatic heterocycles. The van der Waals surface area contributed by atoms with Crippen molar-refractivity contribution in [3.63, 3.8) is 0 Å². The zero-order valence-corrected chi connectivity index (χ0v) is 23.9. The molecule has 42 heavy (non-hydrogen) atoms. The van der Waals surface area contributed by atoms with Crippen molar-refractivity contribution in [2.75, 3.05) is 18.0 Å². The number of para-hydroxylation sites is 2. The van der Waals surface area contributed by atoms with Crippen LogP contribution in [0.4, 0.5) is 10.1 Å². The third kappa shape index (κ3) is 6.62. The highest BCUT2D eigenvalue weighted by Gasteiger charge is 2.36. The van der Waals surface area contributed by atoms with Gasteiger partial charge in [0.2, 0.25) is 15.9 Å². The smallest absolute Gasteiger partial charge is 0.263 e. The van der Waals surface area contributed by atoms with Crippen molar-refractivity contribution in [1.29, 1.82) is 0 Å². The van der Waals surface area contributed by atoms with Gasteiger partial charge in [-0.2, -0.15) is 4.31 Å². The van der Waals surface area contributed by atoms with E-state index < -0.39 is 46.8 Å². The molecule has 0 saturated heterocycles. The maximum Gasteiger partial charge on any atom is 0.263 e. The summed E-state index contributed by atoms with van der Waals surface area (Å²) >= 11 is 5.96. The number of nitrogens with zero attached hydrogens (tertiary/aromatic N) is 2. The van der Waals surface area contributed by atoms with Gasteiger partial charge in [-0.05, 0) is 48.0 Å². The third-order valence-corrected chi connectivity index (χ3v) is 8.80. The van der Waals surface area contributed by atoms with Crippen LogP contribution in [0.3, 0.4) is 0 Å². The van der Waals surface area contributed by atoms with E-state index in [1.54, 1.807) is 30.3 Å². The summed E-state index contributed by atoms with van der Waals surface area (Å²) in [6.45, 7) is -0.891. The second-order valence-corrected chi connectivity index (χ2v) is 12.0. The van der Waals surface area contributed by atoms with E-state index in [4.69, 9.17) is 16.3 Å². The molecular formula is C31H27ClFN3O5S. The van der Waals surface area contributed by atoms with Crippen LogP contribution in [0.2, 0.25) is 5.02 Å². The number of sulfonamides is 1. The number of carbonyl (C=O) groups excluding carboxylic acids is 2. The maximum absolute atomic E-state index is 14.6. The Morgan fingerprint density at radius 3 is 2.33 bits per heavy atom. The van der Waals surface area contributed by atoms with E-state index in [1.165, 1.54) is 47.4 Å². The molecule has 1 aliphatic rings. The van der Waals surface area contributed by atoms with Gasteiger partial charge in [0.05, 0.1) is 23.7 Å². The molecule has 1 atom stereocenters. The number of carbonyl (C=O) groups is 2. The molecule has 8 nitrogen and oxygen atoms in total. The molecule has 1 heterocycles. The summed E-state index contributed by atoms with van der Waals surface area (Å²) in [7, 11) is -4.26. The number of benzene rings is 4. The highest BCUT2D eigenvalue weighted by Crippen LogP contribution is 2.34. The molecule has 0 aromatic heterocycles. The minimum Gasteiger partial charge on any atom is -0.477 e. The van der Waals surface area contributed by atoms with Crippen LogP contribution in [0, 0.1) is 5.82 Å². The van der Waals surface area contributed by atoms with E-state index in [0.717, 1.165) is 9.87 Å². The molecule has 216 valence electrons. The minimum atomic E-state index is -4.26. The summed E-state index contributed by atoms with van der Waals surface area (Å²) in [5.74, 6) is -1.34. The molecule has 0 radical (unpaired) electrons. The van der Waals surface area contributed by atoms with Crippen LogP contribution >= 0.6 is 11.6 Å². The Labute approximate surface area is 248 Å². The highest BCUT2D eigenvalue weighted by molar-refractivity contribution is 7.89. The van der Waals surface area contributed by atoms with E-state index in [-0.39, 0.29) is 23.5 Å². The van der Waals surface area contributed by atoms with E-state index >= 15 is 0 Å². The number of hydrogen-bond donors (Lipinski definition) is 1. The lowest BCUT2D eigenvalue weighted by atomic mass is 10.1. The van der Waals surface area contributed by atoms with E-state index in [0.29, 0.717) is 16.5 Å². The molecule has 0 spiro atoms. The SMILES string of the molecule is O=C(NCc1ccccc1)[C@@H]1CN(C(=O)CN(Cc2ccccc2F)S(=O)(=O)c2ccc(Cl)cc2)c2ccccc2O1. The Morgan fingerprint density at radius 2 is 1.60 bits per heavy atom. The molecule has 11 heteroatoms. The van der Waals surface area contributed by atoms with Crippen LogP contribution in [0.1, 0.15) is 11.1 Å². The van der Waals surface area contributed by atoms with Crippen molar-refractivity contribution in [2.24, 2.45) is 0 Å². The Kier molecular flexibility index (Phi) is 8.86.